The molecule has 0 aliphatic heterocycles. The Morgan fingerprint density at radius 1 is 1.03 bits per heavy atom. The molecule has 2 rings (SSSR count). The summed E-state index contributed by atoms with van der Waals surface area (Å²) < 4.78 is 39.5. The molecule has 0 saturated carbocycles. The van der Waals surface area contributed by atoms with Crippen molar-refractivity contribution in [3.63, 3.8) is 0 Å². The van der Waals surface area contributed by atoms with Crippen LogP contribution in [0, 0.1) is 5.82 Å². The molecule has 1 unspecified atom stereocenters. The van der Waals surface area contributed by atoms with E-state index in [2.05, 4.69) is 5.32 Å². The normalized spacial score (nSPS) is 12.1. The maximum Gasteiger partial charge on any atom is 0.242 e. The highest BCUT2D eigenvalue weighted by atomic mass is 32.2. The average molecular weight is 464 g/mol. The molecule has 9 heteroatoms. The monoisotopic (exact) mass is 463 g/mol. The zero-order valence-electron chi connectivity index (χ0n) is 18.6. The van der Waals surface area contributed by atoms with E-state index in [1.807, 2.05) is 30.3 Å². The van der Waals surface area contributed by atoms with Crippen molar-refractivity contribution in [1.82, 2.24) is 10.2 Å². The fraction of sp³-hybridized carbons (Fsp3) is 0.391. The predicted molar refractivity (Wildman–Crippen MR) is 123 cm³/mol. The first-order valence-electron chi connectivity index (χ1n) is 10.4. The van der Waals surface area contributed by atoms with Gasteiger partial charge >= 0.3 is 0 Å². The second-order valence-electron chi connectivity index (χ2n) is 7.50. The van der Waals surface area contributed by atoms with E-state index in [1.54, 1.807) is 13.0 Å². The summed E-state index contributed by atoms with van der Waals surface area (Å²) in [6.07, 6.45) is 1.79. The minimum Gasteiger partial charge on any atom is -0.357 e. The number of amides is 2. The van der Waals surface area contributed by atoms with Gasteiger partial charge in [0.2, 0.25) is 21.8 Å². The lowest BCUT2D eigenvalue weighted by Gasteiger charge is -2.29. The highest BCUT2D eigenvalue weighted by molar-refractivity contribution is 7.92. The van der Waals surface area contributed by atoms with Crippen LogP contribution in [0.5, 0.6) is 0 Å². The number of carbonyl (C=O) groups is 2. The number of para-hydroxylation sites is 1. The maximum absolute atomic E-state index is 14.2. The number of benzene rings is 2. The number of sulfonamides is 1. The van der Waals surface area contributed by atoms with Gasteiger partial charge in [0.05, 0.1) is 11.9 Å². The summed E-state index contributed by atoms with van der Waals surface area (Å²) in [6.45, 7) is 1.96. The number of rotatable bonds is 11. The molecule has 0 aromatic heterocycles. The van der Waals surface area contributed by atoms with E-state index in [4.69, 9.17) is 0 Å². The molecule has 0 aliphatic rings. The van der Waals surface area contributed by atoms with Crippen LogP contribution < -0.4 is 9.62 Å². The molecule has 0 radical (unpaired) electrons. The summed E-state index contributed by atoms with van der Waals surface area (Å²) in [6, 6.07) is 14.6. The van der Waals surface area contributed by atoms with Crippen LogP contribution in [-0.4, -0.2) is 57.6 Å². The van der Waals surface area contributed by atoms with Crippen LogP contribution in [0.3, 0.4) is 0 Å². The van der Waals surface area contributed by atoms with Crippen LogP contribution in [-0.2, 0) is 26.0 Å². The van der Waals surface area contributed by atoms with Gasteiger partial charge in [0.1, 0.15) is 11.9 Å². The third-order valence-corrected chi connectivity index (χ3v) is 6.35. The van der Waals surface area contributed by atoms with Gasteiger partial charge in [-0.3, -0.25) is 13.9 Å². The standard InChI is InChI=1S/C23H30FN3O4S/c1-18(23(29)25-2)26(17-15-19-10-5-4-6-11-19)22(28)14-9-16-27(32(3,30)31)21-13-8-7-12-20(21)24/h4-8,10-13,18H,9,14-17H2,1-3H3,(H,25,29). The first-order chi connectivity index (χ1) is 15.1. The fourth-order valence-corrected chi connectivity index (χ4v) is 4.38. The van der Waals surface area contributed by atoms with Crippen molar-refractivity contribution in [2.24, 2.45) is 0 Å². The van der Waals surface area contributed by atoms with Crippen LogP contribution in [0.2, 0.25) is 0 Å². The lowest BCUT2D eigenvalue weighted by atomic mass is 10.1. The number of carbonyl (C=O) groups excluding carboxylic acids is 2. The van der Waals surface area contributed by atoms with Crippen molar-refractivity contribution in [2.75, 3.05) is 30.7 Å². The third kappa shape index (κ3) is 7.05. The predicted octanol–water partition coefficient (Wildman–Crippen LogP) is 2.58. The first-order valence-corrected chi connectivity index (χ1v) is 12.3. The minimum absolute atomic E-state index is 0.0244. The summed E-state index contributed by atoms with van der Waals surface area (Å²) >= 11 is 0. The van der Waals surface area contributed by atoms with Gasteiger partial charge in [-0.1, -0.05) is 42.5 Å². The van der Waals surface area contributed by atoms with Gasteiger partial charge in [-0.2, -0.15) is 0 Å². The summed E-state index contributed by atoms with van der Waals surface area (Å²) in [5.74, 6) is -1.20. The molecule has 2 aromatic rings. The Balaban J connectivity index is 2.08. The van der Waals surface area contributed by atoms with Crippen molar-refractivity contribution in [3.05, 3.63) is 66.0 Å². The number of anilines is 1. The van der Waals surface area contributed by atoms with Gasteiger partial charge < -0.3 is 10.2 Å². The largest absolute Gasteiger partial charge is 0.357 e. The summed E-state index contributed by atoms with van der Waals surface area (Å²) in [5, 5.41) is 2.56. The number of hydrogen-bond acceptors (Lipinski definition) is 4. The van der Waals surface area contributed by atoms with Crippen LogP contribution in [0.15, 0.2) is 54.6 Å². The van der Waals surface area contributed by atoms with Gasteiger partial charge in [-0.15, -0.1) is 0 Å². The highest BCUT2D eigenvalue weighted by Crippen LogP contribution is 2.22. The van der Waals surface area contributed by atoms with Gasteiger partial charge in [-0.05, 0) is 37.5 Å². The number of nitrogens with zero attached hydrogens (tertiary/aromatic N) is 2. The van der Waals surface area contributed by atoms with E-state index in [-0.39, 0.29) is 36.9 Å². The molecular weight excluding hydrogens is 433 g/mol. The Morgan fingerprint density at radius 3 is 2.25 bits per heavy atom. The Bertz CT molecular complexity index is 1010. The lowest BCUT2D eigenvalue weighted by Crippen LogP contribution is -2.48. The van der Waals surface area contributed by atoms with E-state index in [1.165, 1.54) is 30.1 Å². The van der Waals surface area contributed by atoms with Gasteiger partial charge in [0.15, 0.2) is 0 Å². The molecule has 0 spiro atoms. The summed E-state index contributed by atoms with van der Waals surface area (Å²) in [5.41, 5.74) is 0.985. The Labute approximate surface area is 189 Å². The van der Waals surface area contributed by atoms with E-state index in [0.717, 1.165) is 16.1 Å². The van der Waals surface area contributed by atoms with Crippen LogP contribution in [0.4, 0.5) is 10.1 Å². The van der Waals surface area contributed by atoms with Crippen LogP contribution >= 0.6 is 0 Å². The van der Waals surface area contributed by atoms with Crippen LogP contribution in [0.25, 0.3) is 0 Å². The Morgan fingerprint density at radius 2 is 1.66 bits per heavy atom. The second-order valence-corrected chi connectivity index (χ2v) is 9.41. The van der Waals surface area contributed by atoms with Crippen molar-refractivity contribution in [1.29, 1.82) is 0 Å². The molecule has 2 aromatic carbocycles. The summed E-state index contributed by atoms with van der Waals surface area (Å²) in [7, 11) is -2.22. The van der Waals surface area contributed by atoms with Crippen molar-refractivity contribution in [2.45, 2.75) is 32.2 Å². The second kappa shape index (κ2) is 11.6. The van der Waals surface area contributed by atoms with Gasteiger partial charge in [0, 0.05) is 26.6 Å². The molecule has 2 amide bonds. The smallest absolute Gasteiger partial charge is 0.242 e. The average Bonchev–Trinajstić information content (AvgIpc) is 2.76. The Hall–Kier alpha value is -2.94. The lowest BCUT2D eigenvalue weighted by molar-refractivity contribution is -0.139. The molecule has 174 valence electrons. The quantitative estimate of drug-likeness (QED) is 0.555. The molecule has 32 heavy (non-hydrogen) atoms. The molecule has 0 aliphatic carbocycles. The fourth-order valence-electron chi connectivity index (χ4n) is 3.42. The molecule has 0 fully saturated rings. The third-order valence-electron chi connectivity index (χ3n) is 5.17. The first kappa shape index (κ1) is 25.3. The molecule has 1 atom stereocenters. The minimum atomic E-state index is -3.73. The molecular formula is C23H30FN3O4S. The van der Waals surface area contributed by atoms with Crippen molar-refractivity contribution >= 4 is 27.5 Å². The zero-order chi connectivity index (χ0) is 23.7. The number of nitrogens with one attached hydrogen (secondary N) is 1. The summed E-state index contributed by atoms with van der Waals surface area (Å²) in [4.78, 5) is 26.6. The molecule has 0 heterocycles. The number of likely N-dealkylation sites (N-methyl/N-ethyl adjacent to an activating group) is 1. The topological polar surface area (TPSA) is 86.8 Å². The zero-order valence-corrected chi connectivity index (χ0v) is 19.4. The van der Waals surface area contributed by atoms with Gasteiger partial charge in [-0.25, -0.2) is 12.8 Å². The van der Waals surface area contributed by atoms with Crippen molar-refractivity contribution < 1.29 is 22.4 Å². The molecule has 1 N–H and O–H groups in total. The Kier molecular flexibility index (Phi) is 9.19. The van der Waals surface area contributed by atoms with Crippen LogP contribution in [0.1, 0.15) is 25.3 Å². The van der Waals surface area contributed by atoms with E-state index >= 15 is 0 Å². The molecule has 0 saturated heterocycles. The molecule has 7 nitrogen and oxygen atoms in total. The van der Waals surface area contributed by atoms with E-state index in [0.29, 0.717) is 13.0 Å². The number of hydrogen-bond donors (Lipinski definition) is 1. The SMILES string of the molecule is CNC(=O)C(C)N(CCc1ccccc1)C(=O)CCCN(c1ccccc1F)S(C)(=O)=O. The van der Waals surface area contributed by atoms with Crippen molar-refractivity contribution in [3.8, 4) is 0 Å². The van der Waals surface area contributed by atoms with E-state index in [9.17, 15) is 22.4 Å². The highest BCUT2D eigenvalue weighted by Gasteiger charge is 2.26. The van der Waals surface area contributed by atoms with E-state index < -0.39 is 21.9 Å². The van der Waals surface area contributed by atoms with Gasteiger partial charge in [0.25, 0.3) is 0 Å². The number of halogens is 1. The molecule has 0 bridgehead atoms. The maximum atomic E-state index is 14.2.